The van der Waals surface area contributed by atoms with Crippen molar-refractivity contribution in [2.75, 3.05) is 6.54 Å². The maximum Gasteiger partial charge on any atom is 0.289 e. The van der Waals surface area contributed by atoms with Gasteiger partial charge in [0.25, 0.3) is 5.69 Å². The Hall–Kier alpha value is -1.18. The van der Waals surface area contributed by atoms with Crippen LogP contribution >= 0.6 is 11.6 Å². The van der Waals surface area contributed by atoms with Crippen LogP contribution in [0, 0.1) is 10.1 Å². The predicted molar refractivity (Wildman–Crippen MR) is 75.3 cm³/mol. The number of rotatable bonds is 3. The summed E-state index contributed by atoms with van der Waals surface area (Å²) in [6, 6.07) is 3.57. The van der Waals surface area contributed by atoms with Gasteiger partial charge in [0.05, 0.1) is 9.82 Å². The smallest absolute Gasteiger partial charge is 0.258 e. The number of nitro benzene ring substituents is 1. The SMILES string of the molecule is CC1(C)CCCN1S(=O)(=O)c1ccc(Cl)c([N+](=O)[O-])c1. The molecule has 1 aliphatic heterocycles. The highest BCUT2D eigenvalue weighted by molar-refractivity contribution is 7.89. The van der Waals surface area contributed by atoms with Crippen molar-refractivity contribution in [1.82, 2.24) is 4.31 Å². The Morgan fingerprint density at radius 1 is 1.40 bits per heavy atom. The maximum absolute atomic E-state index is 12.6. The number of hydrogen-bond acceptors (Lipinski definition) is 4. The first-order chi connectivity index (χ1) is 9.16. The number of sulfonamides is 1. The molecule has 20 heavy (non-hydrogen) atoms. The van der Waals surface area contributed by atoms with E-state index >= 15 is 0 Å². The molecule has 1 aromatic rings. The van der Waals surface area contributed by atoms with E-state index < -0.39 is 26.2 Å². The van der Waals surface area contributed by atoms with Gasteiger partial charge in [-0.3, -0.25) is 10.1 Å². The Balaban J connectivity index is 2.50. The molecule has 0 atom stereocenters. The standard InChI is InChI=1S/C12H15ClN2O4S/c1-12(2)6-3-7-14(12)20(18,19)9-4-5-10(13)11(8-9)15(16)17/h4-5,8H,3,6-7H2,1-2H3. The summed E-state index contributed by atoms with van der Waals surface area (Å²) in [6.45, 7) is 4.12. The van der Waals surface area contributed by atoms with Crippen LogP contribution < -0.4 is 0 Å². The second-order valence-electron chi connectivity index (χ2n) is 5.36. The van der Waals surface area contributed by atoms with Gasteiger partial charge in [-0.2, -0.15) is 4.31 Å². The zero-order valence-electron chi connectivity index (χ0n) is 11.2. The average Bonchev–Trinajstić information content (AvgIpc) is 2.69. The molecule has 2 rings (SSSR count). The topological polar surface area (TPSA) is 80.5 Å². The highest BCUT2D eigenvalue weighted by atomic mass is 35.5. The number of benzene rings is 1. The van der Waals surface area contributed by atoms with Gasteiger partial charge < -0.3 is 0 Å². The lowest BCUT2D eigenvalue weighted by atomic mass is 10.0. The van der Waals surface area contributed by atoms with Crippen LogP contribution in [0.1, 0.15) is 26.7 Å². The Kier molecular flexibility index (Phi) is 3.79. The van der Waals surface area contributed by atoms with Crippen LogP contribution in [-0.4, -0.2) is 29.7 Å². The molecule has 1 aromatic carbocycles. The van der Waals surface area contributed by atoms with Gasteiger partial charge in [-0.25, -0.2) is 8.42 Å². The summed E-state index contributed by atoms with van der Waals surface area (Å²) < 4.78 is 26.6. The van der Waals surface area contributed by atoms with Crippen molar-refractivity contribution in [3.63, 3.8) is 0 Å². The van der Waals surface area contributed by atoms with Crippen LogP contribution in [0.5, 0.6) is 0 Å². The minimum absolute atomic E-state index is 0.0744. The molecule has 0 aromatic heterocycles. The van der Waals surface area contributed by atoms with Gasteiger partial charge in [0.1, 0.15) is 5.02 Å². The molecule has 0 aliphatic carbocycles. The molecule has 8 heteroatoms. The van der Waals surface area contributed by atoms with Crippen LogP contribution in [0.25, 0.3) is 0 Å². The van der Waals surface area contributed by atoms with Crippen molar-refractivity contribution in [2.24, 2.45) is 0 Å². The molecule has 1 saturated heterocycles. The van der Waals surface area contributed by atoms with Crippen LogP contribution in [0.3, 0.4) is 0 Å². The fraction of sp³-hybridized carbons (Fsp3) is 0.500. The van der Waals surface area contributed by atoms with Crippen LogP contribution in [0.2, 0.25) is 5.02 Å². The van der Waals surface area contributed by atoms with Crippen molar-refractivity contribution in [1.29, 1.82) is 0 Å². The quantitative estimate of drug-likeness (QED) is 0.634. The summed E-state index contributed by atoms with van der Waals surface area (Å²) in [7, 11) is -3.75. The van der Waals surface area contributed by atoms with Gasteiger partial charge in [-0.15, -0.1) is 0 Å². The van der Waals surface area contributed by atoms with E-state index in [1.54, 1.807) is 0 Å². The van der Waals surface area contributed by atoms with Crippen LogP contribution in [0.15, 0.2) is 23.1 Å². The fourth-order valence-electron chi connectivity index (χ4n) is 2.45. The average molecular weight is 319 g/mol. The summed E-state index contributed by atoms with van der Waals surface area (Å²) in [4.78, 5) is 10.1. The van der Waals surface area contributed by atoms with Gasteiger partial charge in [0.15, 0.2) is 0 Å². The van der Waals surface area contributed by atoms with E-state index in [4.69, 9.17) is 11.6 Å². The first-order valence-corrected chi connectivity index (χ1v) is 7.95. The number of hydrogen-bond donors (Lipinski definition) is 0. The van der Waals surface area contributed by atoms with Crippen molar-refractivity contribution in [2.45, 2.75) is 37.1 Å². The highest BCUT2D eigenvalue weighted by Crippen LogP contribution is 2.35. The minimum Gasteiger partial charge on any atom is -0.258 e. The van der Waals surface area contributed by atoms with E-state index in [0.29, 0.717) is 6.54 Å². The molecule has 0 amide bonds. The van der Waals surface area contributed by atoms with E-state index in [1.807, 2.05) is 13.8 Å². The van der Waals surface area contributed by atoms with E-state index in [1.165, 1.54) is 16.4 Å². The van der Waals surface area contributed by atoms with Gasteiger partial charge in [-0.05, 0) is 38.8 Å². The molecule has 0 spiro atoms. The van der Waals surface area contributed by atoms with E-state index in [9.17, 15) is 18.5 Å². The minimum atomic E-state index is -3.75. The van der Waals surface area contributed by atoms with Crippen LogP contribution in [0.4, 0.5) is 5.69 Å². The number of nitrogens with zero attached hydrogens (tertiary/aromatic N) is 2. The number of nitro groups is 1. The third kappa shape index (κ3) is 2.53. The fourth-order valence-corrected chi connectivity index (χ4v) is 4.50. The molecule has 110 valence electrons. The molecule has 0 bridgehead atoms. The van der Waals surface area contributed by atoms with Gasteiger partial charge in [0, 0.05) is 18.2 Å². The third-order valence-electron chi connectivity index (χ3n) is 3.53. The molecular formula is C12H15ClN2O4S. The van der Waals surface area contributed by atoms with E-state index in [-0.39, 0.29) is 9.92 Å². The maximum atomic E-state index is 12.6. The van der Waals surface area contributed by atoms with Crippen LogP contribution in [-0.2, 0) is 10.0 Å². The zero-order valence-corrected chi connectivity index (χ0v) is 12.7. The lowest BCUT2D eigenvalue weighted by molar-refractivity contribution is -0.384. The monoisotopic (exact) mass is 318 g/mol. The molecule has 0 saturated carbocycles. The Morgan fingerprint density at radius 2 is 2.05 bits per heavy atom. The Labute approximate surface area is 122 Å². The van der Waals surface area contributed by atoms with Crippen molar-refractivity contribution >= 4 is 27.3 Å². The van der Waals surface area contributed by atoms with Gasteiger partial charge in [-0.1, -0.05) is 11.6 Å². The first-order valence-electron chi connectivity index (χ1n) is 6.13. The molecule has 6 nitrogen and oxygen atoms in total. The Morgan fingerprint density at radius 3 is 2.55 bits per heavy atom. The Bertz CT molecular complexity index is 657. The number of halogens is 1. The van der Waals surface area contributed by atoms with Gasteiger partial charge in [0.2, 0.25) is 10.0 Å². The molecule has 1 aliphatic rings. The highest BCUT2D eigenvalue weighted by Gasteiger charge is 2.41. The molecule has 1 fully saturated rings. The second kappa shape index (κ2) is 4.98. The predicted octanol–water partition coefficient (Wildman–Crippen LogP) is 2.81. The van der Waals surface area contributed by atoms with E-state index in [0.717, 1.165) is 18.9 Å². The normalized spacial score (nSPS) is 19.1. The lowest BCUT2D eigenvalue weighted by Crippen LogP contribution is -2.42. The molecule has 0 unspecified atom stereocenters. The zero-order chi connectivity index (χ0) is 15.1. The van der Waals surface area contributed by atoms with Crippen molar-refractivity contribution in [3.05, 3.63) is 33.3 Å². The molecule has 0 N–H and O–H groups in total. The molecular weight excluding hydrogens is 304 g/mol. The first kappa shape index (κ1) is 15.2. The summed E-state index contributed by atoms with van der Waals surface area (Å²) in [5, 5.41) is 10.8. The molecule has 1 heterocycles. The summed E-state index contributed by atoms with van der Waals surface area (Å²) in [5.41, 5.74) is -0.877. The molecule has 0 radical (unpaired) electrons. The summed E-state index contributed by atoms with van der Waals surface area (Å²) in [6.07, 6.45) is 1.55. The van der Waals surface area contributed by atoms with Crippen molar-refractivity contribution in [3.8, 4) is 0 Å². The largest absolute Gasteiger partial charge is 0.289 e. The van der Waals surface area contributed by atoms with Gasteiger partial charge >= 0.3 is 0 Å². The second-order valence-corrected chi connectivity index (χ2v) is 7.63. The third-order valence-corrected chi connectivity index (χ3v) is 5.95. The van der Waals surface area contributed by atoms with Crippen molar-refractivity contribution < 1.29 is 13.3 Å². The summed E-state index contributed by atoms with van der Waals surface area (Å²) >= 11 is 5.71. The summed E-state index contributed by atoms with van der Waals surface area (Å²) in [5.74, 6) is 0. The lowest BCUT2D eigenvalue weighted by Gasteiger charge is -2.30. The van der Waals surface area contributed by atoms with E-state index in [2.05, 4.69) is 0 Å².